The van der Waals surface area contributed by atoms with Crippen LogP contribution < -0.4 is 5.32 Å². The molecule has 0 aromatic carbocycles. The molecule has 3 nitrogen and oxygen atoms in total. The zero-order valence-electron chi connectivity index (χ0n) is 13.1. The number of carbonyl (C=O) groups excluding carboxylic acids is 1. The molecule has 0 aromatic rings. The molecule has 0 atom stereocenters. The third-order valence-corrected chi connectivity index (χ3v) is 4.10. The third kappa shape index (κ3) is 5.94. The summed E-state index contributed by atoms with van der Waals surface area (Å²) in [6.07, 6.45) is 9.64. The Morgan fingerprint density at radius 3 is 2.37 bits per heavy atom. The van der Waals surface area contributed by atoms with Gasteiger partial charge in [0.2, 0.25) is 5.91 Å². The van der Waals surface area contributed by atoms with Gasteiger partial charge in [-0.3, -0.25) is 4.79 Å². The lowest BCUT2D eigenvalue weighted by atomic mass is 9.99. The smallest absolute Gasteiger partial charge is 0.223 e. The molecule has 1 saturated heterocycles. The Labute approximate surface area is 119 Å². The van der Waals surface area contributed by atoms with Gasteiger partial charge in [-0.25, -0.2) is 0 Å². The van der Waals surface area contributed by atoms with E-state index in [1.54, 1.807) is 0 Å². The molecule has 1 aliphatic rings. The summed E-state index contributed by atoms with van der Waals surface area (Å²) >= 11 is 0. The first-order valence-electron chi connectivity index (χ1n) is 8.09. The number of hydrogen-bond acceptors (Lipinski definition) is 2. The summed E-state index contributed by atoms with van der Waals surface area (Å²) in [5, 5.41) is 3.36. The molecule has 3 heteroatoms. The summed E-state index contributed by atoms with van der Waals surface area (Å²) in [6, 6.07) is 0. The predicted octanol–water partition coefficient (Wildman–Crippen LogP) is 3.34. The molecule has 0 aromatic heterocycles. The standard InChI is InChI=1S/C16H32N2O/c1-4-5-6-7-8-9-10-11-15(19)18-13-12-17-14-16(18,2)3/h17H,4-14H2,1-3H3. The van der Waals surface area contributed by atoms with Crippen LogP contribution in [0.5, 0.6) is 0 Å². The highest BCUT2D eigenvalue weighted by molar-refractivity contribution is 5.77. The number of nitrogens with one attached hydrogen (secondary N) is 1. The van der Waals surface area contributed by atoms with Crippen molar-refractivity contribution in [3.05, 3.63) is 0 Å². The van der Waals surface area contributed by atoms with Gasteiger partial charge in [0, 0.05) is 31.6 Å². The summed E-state index contributed by atoms with van der Waals surface area (Å²) < 4.78 is 0. The monoisotopic (exact) mass is 268 g/mol. The maximum atomic E-state index is 12.2. The summed E-state index contributed by atoms with van der Waals surface area (Å²) in [5.41, 5.74) is -0.0174. The average Bonchev–Trinajstić information content (AvgIpc) is 2.37. The number of rotatable bonds is 8. The van der Waals surface area contributed by atoms with Gasteiger partial charge in [0.15, 0.2) is 0 Å². The molecule has 0 radical (unpaired) electrons. The van der Waals surface area contributed by atoms with Crippen LogP contribution in [0.25, 0.3) is 0 Å². The topological polar surface area (TPSA) is 32.3 Å². The van der Waals surface area contributed by atoms with Crippen LogP contribution in [0, 0.1) is 0 Å². The van der Waals surface area contributed by atoms with Gasteiger partial charge in [0.1, 0.15) is 0 Å². The summed E-state index contributed by atoms with van der Waals surface area (Å²) in [4.78, 5) is 14.3. The highest BCUT2D eigenvalue weighted by Gasteiger charge is 2.32. The highest BCUT2D eigenvalue weighted by atomic mass is 16.2. The molecule has 0 aliphatic carbocycles. The van der Waals surface area contributed by atoms with Gasteiger partial charge >= 0.3 is 0 Å². The number of amides is 1. The van der Waals surface area contributed by atoms with Gasteiger partial charge in [-0.1, -0.05) is 45.4 Å². The van der Waals surface area contributed by atoms with Crippen molar-refractivity contribution < 1.29 is 4.79 Å². The Balaban J connectivity index is 2.13. The van der Waals surface area contributed by atoms with Crippen molar-refractivity contribution in [3.63, 3.8) is 0 Å². The van der Waals surface area contributed by atoms with Crippen molar-refractivity contribution in [1.29, 1.82) is 0 Å². The molecule has 0 spiro atoms. The lowest BCUT2D eigenvalue weighted by molar-refractivity contribution is -0.137. The van der Waals surface area contributed by atoms with E-state index < -0.39 is 0 Å². The second kappa shape index (κ2) is 8.57. The van der Waals surface area contributed by atoms with Crippen LogP contribution in [0.3, 0.4) is 0 Å². The zero-order valence-corrected chi connectivity index (χ0v) is 13.1. The molecule has 0 bridgehead atoms. The normalized spacial score (nSPS) is 18.6. The lowest BCUT2D eigenvalue weighted by Gasteiger charge is -2.43. The summed E-state index contributed by atoms with van der Waals surface area (Å²) in [5.74, 6) is 0.347. The molecule has 1 fully saturated rings. The van der Waals surface area contributed by atoms with Gasteiger partial charge in [-0.05, 0) is 20.3 Å². The quantitative estimate of drug-likeness (QED) is 0.685. The van der Waals surface area contributed by atoms with Crippen molar-refractivity contribution in [3.8, 4) is 0 Å². The van der Waals surface area contributed by atoms with Crippen LogP contribution in [-0.4, -0.2) is 36.0 Å². The van der Waals surface area contributed by atoms with Crippen LogP contribution in [0.1, 0.15) is 72.1 Å². The Morgan fingerprint density at radius 1 is 1.11 bits per heavy atom. The van der Waals surface area contributed by atoms with E-state index in [-0.39, 0.29) is 5.54 Å². The van der Waals surface area contributed by atoms with E-state index in [0.29, 0.717) is 5.91 Å². The van der Waals surface area contributed by atoms with Gasteiger partial charge in [-0.15, -0.1) is 0 Å². The third-order valence-electron chi connectivity index (χ3n) is 4.10. The Hall–Kier alpha value is -0.570. The van der Waals surface area contributed by atoms with Gasteiger partial charge < -0.3 is 10.2 Å². The Bertz CT molecular complexity index is 263. The second-order valence-electron chi connectivity index (χ2n) is 6.41. The molecule has 1 aliphatic heterocycles. The minimum atomic E-state index is -0.0174. The molecular formula is C16H32N2O. The summed E-state index contributed by atoms with van der Waals surface area (Å²) in [7, 11) is 0. The van der Waals surface area contributed by atoms with Gasteiger partial charge in [0.25, 0.3) is 0 Å². The molecule has 1 N–H and O–H groups in total. The Kier molecular flexibility index (Phi) is 7.44. The van der Waals surface area contributed by atoms with Crippen LogP contribution >= 0.6 is 0 Å². The first kappa shape index (κ1) is 16.5. The Morgan fingerprint density at radius 2 is 1.74 bits per heavy atom. The van der Waals surface area contributed by atoms with Crippen molar-refractivity contribution in [2.24, 2.45) is 0 Å². The molecule has 1 rings (SSSR count). The second-order valence-corrected chi connectivity index (χ2v) is 6.41. The molecule has 19 heavy (non-hydrogen) atoms. The fourth-order valence-electron chi connectivity index (χ4n) is 2.81. The van der Waals surface area contributed by atoms with Crippen LogP contribution in [0.4, 0.5) is 0 Å². The highest BCUT2D eigenvalue weighted by Crippen LogP contribution is 2.18. The van der Waals surface area contributed by atoms with E-state index in [1.807, 2.05) is 0 Å². The molecule has 112 valence electrons. The first-order chi connectivity index (χ1) is 9.08. The van der Waals surface area contributed by atoms with Crippen molar-refractivity contribution >= 4 is 5.91 Å². The molecule has 1 heterocycles. The van der Waals surface area contributed by atoms with Crippen molar-refractivity contribution in [1.82, 2.24) is 10.2 Å². The van der Waals surface area contributed by atoms with Gasteiger partial charge in [-0.2, -0.15) is 0 Å². The van der Waals surface area contributed by atoms with E-state index in [4.69, 9.17) is 0 Å². The maximum absolute atomic E-state index is 12.2. The molecular weight excluding hydrogens is 236 g/mol. The van der Waals surface area contributed by atoms with Crippen LogP contribution in [0.15, 0.2) is 0 Å². The lowest BCUT2D eigenvalue weighted by Crippen LogP contribution is -2.59. The first-order valence-corrected chi connectivity index (χ1v) is 8.09. The van der Waals surface area contributed by atoms with Crippen LogP contribution in [0.2, 0.25) is 0 Å². The minimum Gasteiger partial charge on any atom is -0.335 e. The number of hydrogen-bond donors (Lipinski definition) is 1. The van der Waals surface area contributed by atoms with Crippen molar-refractivity contribution in [2.45, 2.75) is 77.7 Å². The fraction of sp³-hybridized carbons (Fsp3) is 0.938. The van der Waals surface area contributed by atoms with E-state index in [9.17, 15) is 4.79 Å². The average molecular weight is 268 g/mol. The maximum Gasteiger partial charge on any atom is 0.223 e. The predicted molar refractivity (Wildman–Crippen MR) is 81.3 cm³/mol. The van der Waals surface area contributed by atoms with E-state index in [1.165, 1.54) is 38.5 Å². The number of unbranched alkanes of at least 4 members (excludes halogenated alkanes) is 6. The zero-order chi connectivity index (χ0) is 14.1. The van der Waals surface area contributed by atoms with Crippen molar-refractivity contribution in [2.75, 3.05) is 19.6 Å². The SMILES string of the molecule is CCCCCCCCCC(=O)N1CCNCC1(C)C. The van der Waals surface area contributed by atoms with E-state index in [0.717, 1.165) is 32.5 Å². The van der Waals surface area contributed by atoms with E-state index in [2.05, 4.69) is 31.0 Å². The number of piperazine rings is 1. The number of carbonyl (C=O) groups is 1. The van der Waals surface area contributed by atoms with E-state index >= 15 is 0 Å². The molecule has 0 saturated carbocycles. The number of nitrogens with zero attached hydrogens (tertiary/aromatic N) is 1. The fourth-order valence-corrected chi connectivity index (χ4v) is 2.81. The van der Waals surface area contributed by atoms with Gasteiger partial charge in [0.05, 0.1) is 0 Å². The summed E-state index contributed by atoms with van der Waals surface area (Å²) in [6.45, 7) is 9.27. The largest absolute Gasteiger partial charge is 0.335 e. The van der Waals surface area contributed by atoms with Crippen LogP contribution in [-0.2, 0) is 4.79 Å². The molecule has 0 unspecified atom stereocenters. The molecule has 1 amide bonds. The minimum absolute atomic E-state index is 0.0174.